The Morgan fingerprint density at radius 2 is 1.67 bits per heavy atom. The van der Waals surface area contributed by atoms with E-state index in [1.807, 2.05) is 18.5 Å². The third-order valence-electron chi connectivity index (χ3n) is 11.2. The van der Waals surface area contributed by atoms with Crippen molar-refractivity contribution in [1.82, 2.24) is 30.2 Å². The molecule has 0 radical (unpaired) electrons. The molecule has 4 aliphatic rings. The molecule has 4 N–H and O–H groups in total. The van der Waals surface area contributed by atoms with Crippen LogP contribution < -0.4 is 16.0 Å². The van der Waals surface area contributed by atoms with E-state index < -0.39 is 0 Å². The normalized spacial score (nSPS) is 23.4. The summed E-state index contributed by atoms with van der Waals surface area (Å²) in [5.41, 5.74) is 12.9. The van der Waals surface area contributed by atoms with Gasteiger partial charge in [-0.25, -0.2) is 0 Å². The number of phenols is 1. The smallest absolute Gasteiger partial charge is 0.249 e. The molecule has 3 aliphatic heterocycles. The van der Waals surface area contributed by atoms with Gasteiger partial charge in [0.05, 0.1) is 23.0 Å². The molecule has 2 aromatic carbocycles. The number of nitrogen functional groups attached to an aromatic ring is 1. The number of aromatic hydroxyl groups is 1. The number of aromatic nitrogens is 4. The second-order valence-corrected chi connectivity index (χ2v) is 14.3. The number of carbonyl (C=O) groups is 2. The topological polar surface area (TPSA) is 142 Å². The van der Waals surface area contributed by atoms with Crippen LogP contribution in [0, 0.1) is 0 Å². The number of halogens is 1. The first-order valence-corrected chi connectivity index (χ1v) is 17.8. The van der Waals surface area contributed by atoms with Crippen molar-refractivity contribution in [2.24, 2.45) is 0 Å². The first kappa shape index (κ1) is 31.8. The molecule has 12 heteroatoms. The first-order valence-electron chi connectivity index (χ1n) is 17.5. The lowest BCUT2D eigenvalue weighted by atomic mass is 9.79. The second-order valence-electron chi connectivity index (χ2n) is 13.9. The van der Waals surface area contributed by atoms with E-state index in [0.29, 0.717) is 47.9 Å². The van der Waals surface area contributed by atoms with Crippen molar-refractivity contribution >= 4 is 34.9 Å². The van der Waals surface area contributed by atoms with Crippen molar-refractivity contribution < 1.29 is 14.7 Å². The number of amides is 2. The second kappa shape index (κ2) is 13.1. The van der Waals surface area contributed by atoms with Gasteiger partial charge in [0, 0.05) is 60.7 Å². The van der Waals surface area contributed by atoms with Crippen LogP contribution in [0.4, 0.5) is 11.5 Å². The molecule has 49 heavy (non-hydrogen) atoms. The van der Waals surface area contributed by atoms with Crippen molar-refractivity contribution in [3.63, 3.8) is 0 Å². The van der Waals surface area contributed by atoms with Crippen molar-refractivity contribution in [2.45, 2.75) is 81.8 Å². The summed E-state index contributed by atoms with van der Waals surface area (Å²) in [6.45, 7) is 2.93. The predicted octanol–water partition coefficient (Wildman–Crippen LogP) is 5.48. The molecule has 0 spiro atoms. The Morgan fingerprint density at radius 1 is 0.878 bits per heavy atom. The number of imide groups is 1. The quantitative estimate of drug-likeness (QED) is 0.226. The van der Waals surface area contributed by atoms with Crippen LogP contribution in [0.25, 0.3) is 22.4 Å². The number of nitrogens with zero attached hydrogens (tertiary/aromatic N) is 6. The number of nitrogens with two attached hydrogens (primary N) is 1. The lowest BCUT2D eigenvalue weighted by molar-refractivity contribution is -0.134. The molecule has 4 aromatic rings. The molecule has 2 saturated heterocycles. The largest absolute Gasteiger partial charge is 0.506 e. The molecule has 1 atom stereocenters. The molecule has 2 amide bonds. The van der Waals surface area contributed by atoms with Crippen LogP contribution in [-0.4, -0.2) is 73.5 Å². The van der Waals surface area contributed by atoms with Crippen LogP contribution in [0.1, 0.15) is 74.5 Å². The fraction of sp³-hybridized carbons (Fsp3) is 0.432. The lowest BCUT2D eigenvalue weighted by Crippen LogP contribution is -2.52. The molecule has 11 nitrogen and oxygen atoms in total. The summed E-state index contributed by atoms with van der Waals surface area (Å²) in [6, 6.07) is 14.2. The minimum atomic E-state index is -0.255. The Hall–Kier alpha value is -4.48. The number of fused-ring (bicyclic) bond motifs is 1. The number of para-hydroxylation sites is 1. The highest BCUT2D eigenvalue weighted by atomic mass is 35.5. The fourth-order valence-corrected chi connectivity index (χ4v) is 8.78. The van der Waals surface area contributed by atoms with Crippen LogP contribution in [-0.2, 0) is 16.0 Å². The molecule has 254 valence electrons. The maximum absolute atomic E-state index is 12.6. The Kier molecular flexibility index (Phi) is 8.49. The number of benzene rings is 2. The van der Waals surface area contributed by atoms with Gasteiger partial charge in [-0.3, -0.25) is 19.6 Å². The highest BCUT2D eigenvalue weighted by Gasteiger charge is 2.37. The van der Waals surface area contributed by atoms with Gasteiger partial charge in [0.15, 0.2) is 5.82 Å². The maximum Gasteiger partial charge on any atom is 0.249 e. The number of likely N-dealkylation sites (tertiary alicyclic amines) is 1. The van der Waals surface area contributed by atoms with Gasteiger partial charge in [0.25, 0.3) is 0 Å². The SMILES string of the molecule is Nc1nnc(-c2cccc(Cl)c2O)cc1-c1cnn(C2CCN(C3CCC(c4cccc5c4CCN5C4CCC(=O)NC4=O)CC3)CC2)c1. The third-order valence-corrected chi connectivity index (χ3v) is 11.5. The van der Waals surface area contributed by atoms with Gasteiger partial charge in [-0.05, 0) is 92.7 Å². The van der Waals surface area contributed by atoms with E-state index in [4.69, 9.17) is 22.4 Å². The van der Waals surface area contributed by atoms with Crippen LogP contribution in [0.5, 0.6) is 5.75 Å². The summed E-state index contributed by atoms with van der Waals surface area (Å²) in [7, 11) is 0. The highest BCUT2D eigenvalue weighted by Crippen LogP contribution is 2.43. The molecule has 2 aromatic heterocycles. The number of anilines is 2. The van der Waals surface area contributed by atoms with Gasteiger partial charge in [0.2, 0.25) is 11.8 Å². The first-order chi connectivity index (χ1) is 23.8. The lowest BCUT2D eigenvalue weighted by Gasteiger charge is -2.41. The van der Waals surface area contributed by atoms with Gasteiger partial charge < -0.3 is 20.6 Å². The zero-order valence-electron chi connectivity index (χ0n) is 27.4. The number of phenolic OH excluding ortho intramolecular Hbond substituents is 1. The average molecular weight is 681 g/mol. The molecular formula is C37H41ClN8O3. The molecule has 0 bridgehead atoms. The summed E-state index contributed by atoms with van der Waals surface area (Å²) in [6.07, 6.45) is 12.6. The van der Waals surface area contributed by atoms with Crippen LogP contribution in [0.2, 0.25) is 5.02 Å². The highest BCUT2D eigenvalue weighted by molar-refractivity contribution is 6.32. The molecule has 1 aliphatic carbocycles. The number of carbonyl (C=O) groups excluding carboxylic acids is 2. The van der Waals surface area contributed by atoms with Crippen molar-refractivity contribution in [1.29, 1.82) is 0 Å². The number of nitrogens with one attached hydrogen (secondary N) is 1. The van der Waals surface area contributed by atoms with Gasteiger partial charge in [-0.1, -0.05) is 29.8 Å². The van der Waals surface area contributed by atoms with Crippen LogP contribution in [0.3, 0.4) is 0 Å². The van der Waals surface area contributed by atoms with Crippen molar-refractivity contribution in [3.05, 3.63) is 71.0 Å². The Labute approximate surface area is 290 Å². The van der Waals surface area contributed by atoms with E-state index in [-0.39, 0.29) is 28.6 Å². The molecular weight excluding hydrogens is 640 g/mol. The minimum Gasteiger partial charge on any atom is -0.506 e. The fourth-order valence-electron chi connectivity index (χ4n) is 8.60. The van der Waals surface area contributed by atoms with E-state index in [9.17, 15) is 14.7 Å². The van der Waals surface area contributed by atoms with Gasteiger partial charge in [-0.15, -0.1) is 10.2 Å². The van der Waals surface area contributed by atoms with E-state index in [1.54, 1.807) is 18.2 Å². The standard InChI is InChI=1S/C37H41ClN8O3/c38-30-5-1-4-28(35(30)48)31-19-29(36(39)43-42-31)23-20-40-46(21-23)25-13-16-44(17-14-25)24-9-7-22(8-10-24)26-3-2-6-32-27(26)15-18-45(32)33-11-12-34(47)41-37(33)49/h1-6,19-22,24-25,33,48H,7-18H2,(H2,39,43)(H,41,47,49). The number of hydrogen-bond donors (Lipinski definition) is 3. The summed E-state index contributed by atoms with van der Waals surface area (Å²) in [5, 5.41) is 26.3. The molecule has 1 unspecified atom stereocenters. The third kappa shape index (κ3) is 6.03. The zero-order chi connectivity index (χ0) is 33.6. The molecule has 5 heterocycles. The minimum absolute atomic E-state index is 0.0351. The van der Waals surface area contributed by atoms with E-state index in [1.165, 1.54) is 42.5 Å². The van der Waals surface area contributed by atoms with Crippen LogP contribution in [0.15, 0.2) is 54.9 Å². The monoisotopic (exact) mass is 680 g/mol. The molecule has 1 saturated carbocycles. The Balaban J connectivity index is 0.879. The number of hydrogen-bond acceptors (Lipinski definition) is 9. The summed E-state index contributed by atoms with van der Waals surface area (Å²) >= 11 is 6.13. The Bertz CT molecular complexity index is 1900. The number of rotatable bonds is 6. The van der Waals surface area contributed by atoms with E-state index >= 15 is 0 Å². The van der Waals surface area contributed by atoms with Crippen LogP contribution >= 0.6 is 11.6 Å². The van der Waals surface area contributed by atoms with Gasteiger partial charge in [-0.2, -0.15) is 5.10 Å². The maximum atomic E-state index is 12.6. The predicted molar refractivity (Wildman–Crippen MR) is 188 cm³/mol. The number of piperidine rings is 2. The summed E-state index contributed by atoms with van der Waals surface area (Å²) in [5.74, 6) is 0.497. The zero-order valence-corrected chi connectivity index (χ0v) is 28.1. The molecule has 3 fully saturated rings. The van der Waals surface area contributed by atoms with Gasteiger partial charge in [0.1, 0.15) is 11.8 Å². The van der Waals surface area contributed by atoms with Crippen molar-refractivity contribution in [2.75, 3.05) is 30.3 Å². The van der Waals surface area contributed by atoms with Crippen molar-refractivity contribution in [3.8, 4) is 28.1 Å². The summed E-state index contributed by atoms with van der Waals surface area (Å²) in [4.78, 5) is 29.2. The van der Waals surface area contributed by atoms with E-state index in [0.717, 1.165) is 50.0 Å². The molecule has 8 rings (SSSR count). The Morgan fingerprint density at radius 3 is 2.47 bits per heavy atom. The average Bonchev–Trinajstić information content (AvgIpc) is 3.78. The van der Waals surface area contributed by atoms with E-state index in [2.05, 4.69) is 48.2 Å². The van der Waals surface area contributed by atoms with Gasteiger partial charge >= 0.3 is 0 Å². The summed E-state index contributed by atoms with van der Waals surface area (Å²) < 4.78 is 2.06.